The molecule has 0 N–H and O–H groups in total. The summed E-state index contributed by atoms with van der Waals surface area (Å²) in [5.41, 5.74) is 2.39. The van der Waals surface area contributed by atoms with E-state index in [-0.39, 0.29) is 17.8 Å². The maximum absolute atomic E-state index is 13.7. The van der Waals surface area contributed by atoms with Gasteiger partial charge in [0.05, 0.1) is 24.4 Å². The molecule has 3 aromatic rings. The fourth-order valence-electron chi connectivity index (χ4n) is 4.85. The minimum atomic E-state index is -1.51. The lowest BCUT2D eigenvalue weighted by Crippen LogP contribution is -2.58. The molecule has 2 aromatic carbocycles. The fourth-order valence-corrected chi connectivity index (χ4v) is 4.85. The first-order chi connectivity index (χ1) is 18.0. The van der Waals surface area contributed by atoms with E-state index >= 15 is 0 Å². The molecular formula is C31H37N3O4. The van der Waals surface area contributed by atoms with Crippen LogP contribution in [0.15, 0.2) is 72.9 Å². The summed E-state index contributed by atoms with van der Waals surface area (Å²) in [7, 11) is 0. The molecule has 2 heterocycles. The van der Waals surface area contributed by atoms with E-state index in [4.69, 9.17) is 9.47 Å². The van der Waals surface area contributed by atoms with Crippen molar-refractivity contribution in [2.45, 2.75) is 72.8 Å². The molecule has 0 spiro atoms. The highest BCUT2D eigenvalue weighted by Crippen LogP contribution is 2.44. The summed E-state index contributed by atoms with van der Waals surface area (Å²) in [6.07, 6.45) is 1.60. The number of aromatic nitrogens is 3. The predicted octanol–water partition coefficient (Wildman–Crippen LogP) is 5.26. The molecule has 200 valence electrons. The van der Waals surface area contributed by atoms with E-state index in [1.165, 1.54) is 5.56 Å². The smallest absolute Gasteiger partial charge is 0.322 e. The first-order valence-corrected chi connectivity index (χ1v) is 13.0. The molecule has 7 heteroatoms. The van der Waals surface area contributed by atoms with Crippen molar-refractivity contribution in [3.63, 3.8) is 0 Å². The number of ketones is 1. The van der Waals surface area contributed by atoms with Crippen molar-refractivity contribution in [3.8, 4) is 0 Å². The normalized spacial score (nSPS) is 21.9. The van der Waals surface area contributed by atoms with E-state index in [1.54, 1.807) is 11.6 Å². The average molecular weight is 516 g/mol. The minimum absolute atomic E-state index is 0.0811. The summed E-state index contributed by atoms with van der Waals surface area (Å²) in [6, 6.07) is 17.7. The molecule has 1 aliphatic heterocycles. The molecule has 1 saturated heterocycles. The standard InChI is InChI=1S/C31H37N3O4/c1-21-12-14-23(15-13-21)18-34-19-25(32-33-34)16-17-26-31(6,27(35)22(2)28(38-26)30(3,4)5)29(36)37-20-24-10-8-7-9-11-24/h7-15,19,26,28H,2,16-18,20H2,1,3-6H3/t26-,28-,31-/m1/s1. The van der Waals surface area contributed by atoms with Crippen LogP contribution in [0.1, 0.15) is 56.5 Å². The summed E-state index contributed by atoms with van der Waals surface area (Å²) in [6.45, 7) is 14.4. The van der Waals surface area contributed by atoms with Gasteiger partial charge in [-0.3, -0.25) is 9.59 Å². The van der Waals surface area contributed by atoms with Gasteiger partial charge in [0.1, 0.15) is 6.61 Å². The number of carbonyl (C=O) groups is 2. The highest BCUT2D eigenvalue weighted by Gasteiger charge is 2.57. The second kappa shape index (κ2) is 11.0. The van der Waals surface area contributed by atoms with Gasteiger partial charge in [-0.25, -0.2) is 4.68 Å². The van der Waals surface area contributed by atoms with Crippen LogP contribution in [0.4, 0.5) is 0 Å². The van der Waals surface area contributed by atoms with E-state index in [0.717, 1.165) is 16.8 Å². The van der Waals surface area contributed by atoms with Gasteiger partial charge in [0.2, 0.25) is 0 Å². The van der Waals surface area contributed by atoms with Gasteiger partial charge in [0.15, 0.2) is 11.2 Å². The molecule has 0 unspecified atom stereocenters. The van der Waals surface area contributed by atoms with Gasteiger partial charge < -0.3 is 9.47 Å². The number of hydrogen-bond donors (Lipinski definition) is 0. The molecule has 0 bridgehead atoms. The molecule has 0 saturated carbocycles. The number of nitrogens with zero attached hydrogens (tertiary/aromatic N) is 3. The average Bonchev–Trinajstić information content (AvgIpc) is 3.33. The number of benzene rings is 2. The summed E-state index contributed by atoms with van der Waals surface area (Å²) in [4.78, 5) is 27.2. The van der Waals surface area contributed by atoms with Crippen LogP contribution in [0.25, 0.3) is 0 Å². The third kappa shape index (κ3) is 5.94. The van der Waals surface area contributed by atoms with Crippen LogP contribution >= 0.6 is 0 Å². The molecule has 7 nitrogen and oxygen atoms in total. The predicted molar refractivity (Wildman–Crippen MR) is 145 cm³/mol. The van der Waals surface area contributed by atoms with Crippen molar-refractivity contribution in [3.05, 3.63) is 95.3 Å². The Labute approximate surface area is 224 Å². The monoisotopic (exact) mass is 515 g/mol. The van der Waals surface area contributed by atoms with Gasteiger partial charge in [-0.15, -0.1) is 5.10 Å². The van der Waals surface area contributed by atoms with Gasteiger partial charge >= 0.3 is 5.97 Å². The van der Waals surface area contributed by atoms with Crippen molar-refractivity contribution in [1.82, 2.24) is 15.0 Å². The van der Waals surface area contributed by atoms with E-state index < -0.39 is 23.6 Å². The molecule has 1 fully saturated rings. The molecule has 4 rings (SSSR count). The summed E-state index contributed by atoms with van der Waals surface area (Å²) in [5.74, 6) is -0.928. The molecule has 0 aliphatic carbocycles. The number of esters is 1. The number of Topliss-reactive ketones (excluding diaryl/α,β-unsaturated/α-hetero) is 1. The van der Waals surface area contributed by atoms with Crippen LogP contribution < -0.4 is 0 Å². The Morgan fingerprint density at radius 1 is 1.11 bits per heavy atom. The largest absolute Gasteiger partial charge is 0.460 e. The lowest BCUT2D eigenvalue weighted by Gasteiger charge is -2.46. The van der Waals surface area contributed by atoms with Gasteiger partial charge in [-0.1, -0.05) is 92.7 Å². The van der Waals surface area contributed by atoms with Gasteiger partial charge in [-0.2, -0.15) is 0 Å². The highest BCUT2D eigenvalue weighted by atomic mass is 16.5. The van der Waals surface area contributed by atoms with E-state index in [9.17, 15) is 9.59 Å². The van der Waals surface area contributed by atoms with Crippen molar-refractivity contribution in [2.24, 2.45) is 10.8 Å². The van der Waals surface area contributed by atoms with Crippen molar-refractivity contribution < 1.29 is 19.1 Å². The number of aryl methyl sites for hydroxylation is 2. The lowest BCUT2D eigenvalue weighted by atomic mass is 9.69. The second-order valence-electron chi connectivity index (χ2n) is 11.4. The maximum atomic E-state index is 13.7. The molecule has 3 atom stereocenters. The Morgan fingerprint density at radius 2 is 1.79 bits per heavy atom. The van der Waals surface area contributed by atoms with Gasteiger partial charge in [0.25, 0.3) is 0 Å². The first-order valence-electron chi connectivity index (χ1n) is 13.0. The van der Waals surface area contributed by atoms with Crippen LogP contribution in [0, 0.1) is 17.8 Å². The number of hydrogen-bond acceptors (Lipinski definition) is 6. The Morgan fingerprint density at radius 3 is 2.45 bits per heavy atom. The van der Waals surface area contributed by atoms with Crippen molar-refractivity contribution >= 4 is 11.8 Å². The molecule has 0 radical (unpaired) electrons. The van der Waals surface area contributed by atoms with Crippen LogP contribution in [-0.4, -0.2) is 39.0 Å². The van der Waals surface area contributed by atoms with E-state index in [2.05, 4.69) is 48.1 Å². The second-order valence-corrected chi connectivity index (χ2v) is 11.4. The van der Waals surface area contributed by atoms with Crippen LogP contribution in [0.5, 0.6) is 0 Å². The highest BCUT2D eigenvalue weighted by molar-refractivity contribution is 6.13. The fraction of sp³-hybridized carbons (Fsp3) is 0.419. The molecule has 1 aromatic heterocycles. The zero-order valence-corrected chi connectivity index (χ0v) is 22.9. The molecule has 0 amide bonds. The maximum Gasteiger partial charge on any atom is 0.322 e. The minimum Gasteiger partial charge on any atom is -0.460 e. The molecular weight excluding hydrogens is 478 g/mol. The zero-order valence-electron chi connectivity index (χ0n) is 22.9. The number of carbonyl (C=O) groups excluding carboxylic acids is 2. The summed E-state index contributed by atoms with van der Waals surface area (Å²) < 4.78 is 13.9. The van der Waals surface area contributed by atoms with Gasteiger partial charge in [0, 0.05) is 11.8 Å². The molecule has 38 heavy (non-hydrogen) atoms. The van der Waals surface area contributed by atoms with Crippen LogP contribution in [-0.2, 0) is 38.6 Å². The summed E-state index contributed by atoms with van der Waals surface area (Å²) in [5, 5.41) is 8.59. The number of rotatable bonds is 8. The van der Waals surface area contributed by atoms with Gasteiger partial charge in [-0.05, 0) is 43.2 Å². The Kier molecular flexibility index (Phi) is 7.97. The third-order valence-electron chi connectivity index (χ3n) is 7.16. The molecule has 1 aliphatic rings. The van der Waals surface area contributed by atoms with Crippen LogP contribution in [0.3, 0.4) is 0 Å². The van der Waals surface area contributed by atoms with Crippen molar-refractivity contribution in [2.75, 3.05) is 0 Å². The summed E-state index contributed by atoms with van der Waals surface area (Å²) >= 11 is 0. The Bertz CT molecular complexity index is 1290. The topological polar surface area (TPSA) is 83.3 Å². The lowest BCUT2D eigenvalue weighted by molar-refractivity contribution is -0.184. The van der Waals surface area contributed by atoms with Crippen LogP contribution in [0.2, 0.25) is 0 Å². The number of ether oxygens (including phenoxy) is 2. The Hall–Kier alpha value is -3.58. The van der Waals surface area contributed by atoms with E-state index in [0.29, 0.717) is 25.0 Å². The SMILES string of the molecule is C=C1C(=O)[C@](C)(C(=O)OCc2ccccc2)[C@@H](CCc2cn(Cc3ccc(C)cc3)nn2)O[C@H]1C(C)(C)C. The third-order valence-corrected chi connectivity index (χ3v) is 7.16. The first kappa shape index (κ1) is 27.5. The Balaban J connectivity index is 1.51. The zero-order chi connectivity index (χ0) is 27.5. The quantitative estimate of drug-likeness (QED) is 0.231. The van der Waals surface area contributed by atoms with E-state index in [1.807, 2.05) is 57.3 Å². The van der Waals surface area contributed by atoms with Crippen molar-refractivity contribution in [1.29, 1.82) is 0 Å².